The van der Waals surface area contributed by atoms with Gasteiger partial charge < -0.3 is 0 Å². The number of rotatable bonds is 5. The molecule has 0 fully saturated rings. The lowest BCUT2D eigenvalue weighted by Gasteiger charge is -2.13. The average molecular weight is 450 g/mol. The lowest BCUT2D eigenvalue weighted by molar-refractivity contribution is -0.137. The Hall–Kier alpha value is -3.41. The van der Waals surface area contributed by atoms with Crippen molar-refractivity contribution >= 4 is 26.6 Å². The van der Waals surface area contributed by atoms with Gasteiger partial charge in [-0.3, -0.25) is 14.4 Å². The summed E-state index contributed by atoms with van der Waals surface area (Å²) in [5, 5.41) is 8.84. The molecule has 3 heterocycles. The van der Waals surface area contributed by atoms with Crippen LogP contribution < -0.4 is 4.72 Å². The lowest BCUT2D eigenvalue weighted by atomic mass is 10.1. The van der Waals surface area contributed by atoms with Crippen molar-refractivity contribution in [1.29, 1.82) is 0 Å². The normalized spacial score (nSPS) is 12.4. The first kappa shape index (κ1) is 20.8. The number of nitrogens with one attached hydrogen (secondary N) is 1. The minimum Gasteiger partial charge on any atom is -0.277 e. The number of benzene rings is 1. The maximum absolute atomic E-state index is 13.0. The second-order valence-electron chi connectivity index (χ2n) is 6.81. The SMILES string of the molecule is CCc1ccc2cnn(C)c2c1NS(=O)(=O)c1cnn(-c2cncc(C(F)(F)F)c2)c1. The highest BCUT2D eigenvalue weighted by molar-refractivity contribution is 7.92. The Balaban J connectivity index is 1.72. The quantitative estimate of drug-likeness (QED) is 0.502. The van der Waals surface area contributed by atoms with E-state index in [-0.39, 0.29) is 10.6 Å². The Bertz CT molecular complexity index is 1380. The zero-order valence-electron chi connectivity index (χ0n) is 16.4. The minimum atomic E-state index is -4.58. The van der Waals surface area contributed by atoms with Crippen molar-refractivity contribution < 1.29 is 21.6 Å². The van der Waals surface area contributed by atoms with Crippen LogP contribution in [-0.2, 0) is 29.7 Å². The highest BCUT2D eigenvalue weighted by Gasteiger charge is 2.31. The summed E-state index contributed by atoms with van der Waals surface area (Å²) in [6.45, 7) is 1.90. The lowest BCUT2D eigenvalue weighted by Crippen LogP contribution is -2.15. The van der Waals surface area contributed by atoms with Crippen LogP contribution in [0, 0.1) is 0 Å². The predicted molar refractivity (Wildman–Crippen MR) is 107 cm³/mol. The Morgan fingerprint density at radius 2 is 1.87 bits per heavy atom. The zero-order chi connectivity index (χ0) is 22.4. The van der Waals surface area contributed by atoms with Gasteiger partial charge in [-0.15, -0.1) is 0 Å². The van der Waals surface area contributed by atoms with E-state index < -0.39 is 21.8 Å². The molecule has 1 aromatic carbocycles. The molecular formula is C19H17F3N6O2S. The third kappa shape index (κ3) is 3.85. The zero-order valence-corrected chi connectivity index (χ0v) is 17.2. The van der Waals surface area contributed by atoms with Crippen LogP contribution in [0.3, 0.4) is 0 Å². The highest BCUT2D eigenvalue weighted by atomic mass is 32.2. The molecule has 162 valence electrons. The summed E-state index contributed by atoms with van der Waals surface area (Å²) in [5.41, 5.74) is 0.817. The molecule has 0 saturated heterocycles. The maximum Gasteiger partial charge on any atom is 0.417 e. The van der Waals surface area contributed by atoms with E-state index in [1.165, 1.54) is 0 Å². The van der Waals surface area contributed by atoms with Crippen LogP contribution in [0.15, 0.2) is 54.1 Å². The van der Waals surface area contributed by atoms with E-state index in [1.54, 1.807) is 17.9 Å². The molecule has 0 aliphatic rings. The third-order valence-electron chi connectivity index (χ3n) is 4.79. The average Bonchev–Trinajstić information content (AvgIpc) is 3.36. The van der Waals surface area contributed by atoms with Gasteiger partial charge in [0.05, 0.1) is 47.2 Å². The predicted octanol–water partition coefficient (Wildman–Crippen LogP) is 3.54. The van der Waals surface area contributed by atoms with Gasteiger partial charge in [-0.2, -0.15) is 23.4 Å². The number of aryl methyl sites for hydroxylation is 2. The van der Waals surface area contributed by atoms with Gasteiger partial charge in [0.15, 0.2) is 0 Å². The number of aromatic nitrogens is 5. The van der Waals surface area contributed by atoms with Gasteiger partial charge in [0, 0.05) is 18.6 Å². The first-order valence-electron chi connectivity index (χ1n) is 9.14. The molecule has 0 spiro atoms. The molecule has 0 bridgehead atoms. The fraction of sp³-hybridized carbons (Fsp3) is 0.211. The molecule has 12 heteroatoms. The number of sulfonamides is 1. The van der Waals surface area contributed by atoms with Gasteiger partial charge in [0.1, 0.15) is 4.90 Å². The van der Waals surface area contributed by atoms with Crippen LogP contribution >= 0.6 is 0 Å². The molecule has 0 saturated carbocycles. The molecular weight excluding hydrogens is 433 g/mol. The Kier molecular flexibility index (Phi) is 4.96. The molecule has 0 amide bonds. The van der Waals surface area contributed by atoms with E-state index >= 15 is 0 Å². The number of halogens is 3. The van der Waals surface area contributed by atoms with Gasteiger partial charge in [0.2, 0.25) is 0 Å². The van der Waals surface area contributed by atoms with Gasteiger partial charge >= 0.3 is 6.18 Å². The maximum atomic E-state index is 13.0. The van der Waals surface area contributed by atoms with Gasteiger partial charge in [-0.1, -0.05) is 19.1 Å². The molecule has 8 nitrogen and oxygen atoms in total. The second kappa shape index (κ2) is 7.38. The van der Waals surface area contributed by atoms with Crippen molar-refractivity contribution in [2.75, 3.05) is 4.72 Å². The summed E-state index contributed by atoms with van der Waals surface area (Å²) < 4.78 is 70.1. The Morgan fingerprint density at radius 3 is 2.58 bits per heavy atom. The summed E-state index contributed by atoms with van der Waals surface area (Å²) in [6.07, 6.45) is 1.68. The first-order chi connectivity index (χ1) is 14.6. The van der Waals surface area contributed by atoms with Gasteiger partial charge in [0.25, 0.3) is 10.0 Å². The smallest absolute Gasteiger partial charge is 0.277 e. The fourth-order valence-electron chi connectivity index (χ4n) is 3.20. The first-order valence-corrected chi connectivity index (χ1v) is 10.6. The van der Waals surface area contributed by atoms with E-state index in [2.05, 4.69) is 19.9 Å². The van der Waals surface area contributed by atoms with Gasteiger partial charge in [-0.05, 0) is 18.1 Å². The summed E-state index contributed by atoms with van der Waals surface area (Å²) >= 11 is 0. The van der Waals surface area contributed by atoms with E-state index in [4.69, 9.17) is 0 Å². The third-order valence-corrected chi connectivity index (χ3v) is 6.10. The van der Waals surface area contributed by atoms with Crippen molar-refractivity contribution in [2.45, 2.75) is 24.4 Å². The number of hydrogen-bond acceptors (Lipinski definition) is 5. The number of anilines is 1. The number of pyridine rings is 1. The van der Waals surface area contributed by atoms with Crippen molar-refractivity contribution in [1.82, 2.24) is 24.5 Å². The van der Waals surface area contributed by atoms with E-state index in [9.17, 15) is 21.6 Å². The van der Waals surface area contributed by atoms with Crippen LogP contribution in [0.25, 0.3) is 16.6 Å². The molecule has 4 rings (SSSR count). The van der Waals surface area contributed by atoms with E-state index in [1.807, 2.05) is 19.1 Å². The Morgan fingerprint density at radius 1 is 1.10 bits per heavy atom. The van der Waals surface area contributed by atoms with Crippen molar-refractivity contribution in [2.24, 2.45) is 7.05 Å². The van der Waals surface area contributed by atoms with Crippen LogP contribution in [0.2, 0.25) is 0 Å². The van der Waals surface area contributed by atoms with Crippen molar-refractivity contribution in [3.05, 3.63) is 60.3 Å². The molecule has 1 N–H and O–H groups in total. The van der Waals surface area contributed by atoms with Crippen LogP contribution in [-0.4, -0.2) is 33.0 Å². The highest BCUT2D eigenvalue weighted by Crippen LogP contribution is 2.31. The van der Waals surface area contributed by atoms with Crippen LogP contribution in [0.4, 0.5) is 18.9 Å². The number of hydrogen-bond donors (Lipinski definition) is 1. The van der Waals surface area contributed by atoms with Gasteiger partial charge in [-0.25, -0.2) is 13.1 Å². The number of alkyl halides is 3. The monoisotopic (exact) mass is 450 g/mol. The molecule has 0 unspecified atom stereocenters. The number of nitrogens with zero attached hydrogens (tertiary/aromatic N) is 5. The molecule has 0 aliphatic carbocycles. The fourth-order valence-corrected chi connectivity index (χ4v) is 4.24. The topological polar surface area (TPSA) is 94.7 Å². The summed E-state index contributed by atoms with van der Waals surface area (Å²) in [5.74, 6) is 0. The van der Waals surface area contributed by atoms with E-state index in [0.717, 1.165) is 40.3 Å². The number of fused-ring (bicyclic) bond motifs is 1. The molecule has 4 aromatic rings. The summed E-state index contributed by atoms with van der Waals surface area (Å²) in [4.78, 5) is 3.37. The van der Waals surface area contributed by atoms with Crippen LogP contribution in [0.1, 0.15) is 18.1 Å². The molecule has 0 aliphatic heterocycles. The molecule has 3 aromatic heterocycles. The Labute approximate surface area is 175 Å². The summed E-state index contributed by atoms with van der Waals surface area (Å²) in [6, 6.07) is 4.52. The largest absolute Gasteiger partial charge is 0.417 e. The van der Waals surface area contributed by atoms with Crippen LogP contribution in [0.5, 0.6) is 0 Å². The second-order valence-corrected chi connectivity index (χ2v) is 8.50. The molecule has 31 heavy (non-hydrogen) atoms. The van der Waals surface area contributed by atoms with Crippen molar-refractivity contribution in [3.63, 3.8) is 0 Å². The van der Waals surface area contributed by atoms with E-state index in [0.29, 0.717) is 23.8 Å². The minimum absolute atomic E-state index is 0.0146. The summed E-state index contributed by atoms with van der Waals surface area (Å²) in [7, 11) is -2.37. The van der Waals surface area contributed by atoms with Crippen molar-refractivity contribution in [3.8, 4) is 5.69 Å². The standard InChI is InChI=1S/C19H17F3N6O2S/c1-3-12-4-5-13-7-24-27(2)18(13)17(12)26-31(29,30)16-10-25-28(11-16)15-6-14(8-23-9-15)19(20,21)22/h4-11,26H,3H2,1-2H3. The molecule has 0 radical (unpaired) electrons. The molecule has 0 atom stereocenters.